The first-order valence-electron chi connectivity index (χ1n) is 7.65. The number of benzene rings is 1. The van der Waals surface area contributed by atoms with E-state index >= 15 is 0 Å². The van der Waals surface area contributed by atoms with Crippen LogP contribution in [0.3, 0.4) is 0 Å². The number of amides is 1. The molecule has 1 aliphatic heterocycles. The third kappa shape index (κ3) is 4.51. The van der Waals surface area contributed by atoms with E-state index in [4.69, 9.17) is 27.9 Å². The molecule has 1 aromatic carbocycles. The van der Waals surface area contributed by atoms with E-state index in [0.717, 1.165) is 13.1 Å². The SMILES string of the molecule is CCOC(=O)NC(c1ccc(Cl)c(Cl)c1)C1(O)CCN(C)CC1. The largest absolute Gasteiger partial charge is 0.450 e. The topological polar surface area (TPSA) is 61.8 Å². The minimum Gasteiger partial charge on any atom is -0.450 e. The second-order valence-electron chi connectivity index (χ2n) is 5.88. The third-order valence-electron chi connectivity index (χ3n) is 4.20. The summed E-state index contributed by atoms with van der Waals surface area (Å²) in [6.07, 6.45) is 0.526. The van der Waals surface area contributed by atoms with Gasteiger partial charge in [0.15, 0.2) is 0 Å². The van der Waals surface area contributed by atoms with Crippen LogP contribution in [0.1, 0.15) is 31.4 Å². The van der Waals surface area contributed by atoms with Gasteiger partial charge in [-0.1, -0.05) is 29.3 Å². The van der Waals surface area contributed by atoms with Crippen molar-refractivity contribution in [1.29, 1.82) is 0 Å². The lowest BCUT2D eigenvalue weighted by Crippen LogP contribution is -2.52. The molecule has 0 radical (unpaired) electrons. The Balaban J connectivity index is 2.30. The predicted molar refractivity (Wildman–Crippen MR) is 91.0 cm³/mol. The lowest BCUT2D eigenvalue weighted by molar-refractivity contribution is -0.0464. The Morgan fingerprint density at radius 2 is 2.04 bits per heavy atom. The Morgan fingerprint density at radius 3 is 2.61 bits per heavy atom. The maximum absolute atomic E-state index is 11.9. The molecule has 23 heavy (non-hydrogen) atoms. The molecule has 1 amide bonds. The maximum Gasteiger partial charge on any atom is 0.407 e. The van der Waals surface area contributed by atoms with Gasteiger partial charge in [0.2, 0.25) is 0 Å². The van der Waals surface area contributed by atoms with E-state index in [2.05, 4.69) is 10.2 Å². The zero-order chi connectivity index (χ0) is 17.0. The van der Waals surface area contributed by atoms with E-state index in [1.807, 2.05) is 7.05 Å². The Morgan fingerprint density at radius 1 is 1.39 bits per heavy atom. The lowest BCUT2D eigenvalue weighted by atomic mass is 9.81. The Labute approximate surface area is 146 Å². The lowest BCUT2D eigenvalue weighted by Gasteiger charge is -2.42. The molecule has 128 valence electrons. The molecule has 0 spiro atoms. The highest BCUT2D eigenvalue weighted by Gasteiger charge is 2.41. The van der Waals surface area contributed by atoms with Crippen LogP contribution in [0.2, 0.25) is 10.0 Å². The summed E-state index contributed by atoms with van der Waals surface area (Å²) >= 11 is 12.1. The highest BCUT2D eigenvalue weighted by atomic mass is 35.5. The van der Waals surface area contributed by atoms with E-state index in [9.17, 15) is 9.90 Å². The van der Waals surface area contributed by atoms with E-state index in [-0.39, 0.29) is 6.61 Å². The van der Waals surface area contributed by atoms with Gasteiger partial charge >= 0.3 is 6.09 Å². The van der Waals surface area contributed by atoms with Gasteiger partial charge in [0.1, 0.15) is 0 Å². The number of likely N-dealkylation sites (tertiary alicyclic amines) is 1. The van der Waals surface area contributed by atoms with E-state index in [1.54, 1.807) is 25.1 Å². The van der Waals surface area contributed by atoms with Crippen molar-refractivity contribution >= 4 is 29.3 Å². The van der Waals surface area contributed by atoms with Crippen LogP contribution in [-0.4, -0.2) is 48.4 Å². The number of rotatable bonds is 4. The fourth-order valence-electron chi connectivity index (χ4n) is 2.80. The molecule has 1 atom stereocenters. The number of nitrogens with zero attached hydrogens (tertiary/aromatic N) is 1. The van der Waals surface area contributed by atoms with Crippen LogP contribution in [-0.2, 0) is 4.74 Å². The first kappa shape index (κ1) is 18.3. The number of halogens is 2. The average Bonchev–Trinajstić information content (AvgIpc) is 2.51. The van der Waals surface area contributed by atoms with Gasteiger partial charge in [-0.2, -0.15) is 0 Å². The zero-order valence-corrected chi connectivity index (χ0v) is 14.8. The molecule has 1 saturated heterocycles. The van der Waals surface area contributed by atoms with Gasteiger partial charge in [0.05, 0.1) is 28.3 Å². The summed E-state index contributed by atoms with van der Waals surface area (Å²) in [5.41, 5.74) is -0.351. The summed E-state index contributed by atoms with van der Waals surface area (Å²) in [6.45, 7) is 3.50. The molecule has 5 nitrogen and oxygen atoms in total. The molecule has 0 aromatic heterocycles. The fraction of sp³-hybridized carbons (Fsp3) is 0.562. The number of alkyl carbamates (subject to hydrolysis) is 1. The van der Waals surface area contributed by atoms with Crippen molar-refractivity contribution in [1.82, 2.24) is 10.2 Å². The number of carbonyl (C=O) groups is 1. The van der Waals surface area contributed by atoms with Crippen molar-refractivity contribution in [2.45, 2.75) is 31.4 Å². The van der Waals surface area contributed by atoms with Crippen molar-refractivity contribution in [3.63, 3.8) is 0 Å². The van der Waals surface area contributed by atoms with Gasteiger partial charge in [-0.25, -0.2) is 4.79 Å². The molecule has 7 heteroatoms. The Kier molecular flexibility index (Phi) is 6.14. The minimum absolute atomic E-state index is 0.265. The first-order valence-corrected chi connectivity index (χ1v) is 8.40. The molecule has 0 saturated carbocycles. The monoisotopic (exact) mass is 360 g/mol. The summed E-state index contributed by atoms with van der Waals surface area (Å²) in [5, 5.41) is 14.7. The predicted octanol–water partition coefficient (Wildman–Crippen LogP) is 3.24. The number of hydrogen-bond acceptors (Lipinski definition) is 4. The standard InChI is InChI=1S/C16H22Cl2N2O3/c1-3-23-15(21)19-14(11-4-5-12(17)13(18)10-11)16(22)6-8-20(2)9-7-16/h4-5,10,14,22H,3,6-9H2,1-2H3,(H,19,21). The second kappa shape index (κ2) is 7.71. The van der Waals surface area contributed by atoms with Crippen molar-refractivity contribution in [3.8, 4) is 0 Å². The smallest absolute Gasteiger partial charge is 0.407 e. The number of piperidine rings is 1. The number of nitrogens with one attached hydrogen (secondary N) is 1. The van der Waals surface area contributed by atoms with E-state index in [1.165, 1.54) is 0 Å². The molecule has 1 heterocycles. The van der Waals surface area contributed by atoms with Gasteiger partial charge in [0, 0.05) is 13.1 Å². The summed E-state index contributed by atoms with van der Waals surface area (Å²) < 4.78 is 4.97. The van der Waals surface area contributed by atoms with Crippen molar-refractivity contribution in [2.75, 3.05) is 26.7 Å². The van der Waals surface area contributed by atoms with Crippen molar-refractivity contribution in [2.24, 2.45) is 0 Å². The Bertz CT molecular complexity index is 560. The van der Waals surface area contributed by atoms with E-state index < -0.39 is 17.7 Å². The molecule has 0 bridgehead atoms. The summed E-state index contributed by atoms with van der Waals surface area (Å²) in [7, 11) is 2.01. The second-order valence-corrected chi connectivity index (χ2v) is 6.69. The molecule has 2 N–H and O–H groups in total. The van der Waals surface area contributed by atoms with Gasteiger partial charge in [-0.05, 0) is 44.5 Å². The van der Waals surface area contributed by atoms with Gasteiger partial charge < -0.3 is 20.1 Å². The molecule has 2 rings (SSSR count). The molecule has 1 unspecified atom stereocenters. The van der Waals surface area contributed by atoms with Crippen LogP contribution < -0.4 is 5.32 Å². The van der Waals surface area contributed by atoms with Crippen LogP contribution >= 0.6 is 23.2 Å². The average molecular weight is 361 g/mol. The maximum atomic E-state index is 11.9. The molecule has 1 aliphatic rings. The summed E-state index contributed by atoms with van der Waals surface area (Å²) in [6, 6.07) is 4.50. The van der Waals surface area contributed by atoms with Crippen LogP contribution in [0.25, 0.3) is 0 Å². The quantitative estimate of drug-likeness (QED) is 0.864. The number of hydrogen-bond donors (Lipinski definition) is 2. The third-order valence-corrected chi connectivity index (χ3v) is 4.94. The molecule has 1 aromatic rings. The highest BCUT2D eigenvalue weighted by molar-refractivity contribution is 6.42. The fourth-order valence-corrected chi connectivity index (χ4v) is 3.11. The van der Waals surface area contributed by atoms with Crippen molar-refractivity contribution < 1.29 is 14.6 Å². The molecule has 1 fully saturated rings. The normalized spacial score (nSPS) is 19.2. The van der Waals surface area contributed by atoms with Crippen molar-refractivity contribution in [3.05, 3.63) is 33.8 Å². The van der Waals surface area contributed by atoms with Crippen LogP contribution in [0.5, 0.6) is 0 Å². The van der Waals surface area contributed by atoms with Crippen LogP contribution in [0.4, 0.5) is 4.79 Å². The Hall–Kier alpha value is -1.01. The summed E-state index contributed by atoms with van der Waals surface area (Å²) in [4.78, 5) is 14.1. The van der Waals surface area contributed by atoms with Gasteiger partial charge in [-0.15, -0.1) is 0 Å². The molecular formula is C16H22Cl2N2O3. The number of aliphatic hydroxyl groups is 1. The van der Waals surface area contributed by atoms with E-state index in [0.29, 0.717) is 28.5 Å². The minimum atomic E-state index is -1.06. The molecular weight excluding hydrogens is 339 g/mol. The highest BCUT2D eigenvalue weighted by Crippen LogP contribution is 2.37. The number of ether oxygens (including phenoxy) is 1. The summed E-state index contributed by atoms with van der Waals surface area (Å²) in [5.74, 6) is 0. The number of carbonyl (C=O) groups excluding carboxylic acids is 1. The first-order chi connectivity index (χ1) is 10.9. The zero-order valence-electron chi connectivity index (χ0n) is 13.3. The van der Waals surface area contributed by atoms with Gasteiger partial charge in [-0.3, -0.25) is 0 Å². The van der Waals surface area contributed by atoms with Gasteiger partial charge in [0.25, 0.3) is 0 Å². The van der Waals surface area contributed by atoms with Crippen LogP contribution in [0, 0.1) is 0 Å². The van der Waals surface area contributed by atoms with Crippen LogP contribution in [0.15, 0.2) is 18.2 Å². The molecule has 0 aliphatic carbocycles.